The fourth-order valence-electron chi connectivity index (χ4n) is 4.75. The molecule has 0 aliphatic heterocycles. The summed E-state index contributed by atoms with van der Waals surface area (Å²) in [6, 6.07) is 11.6. The monoisotopic (exact) mass is 521 g/mol. The zero-order chi connectivity index (χ0) is 25.4. The highest BCUT2D eigenvalue weighted by molar-refractivity contribution is 7.89. The Bertz CT molecular complexity index is 1020. The zero-order valence-electron chi connectivity index (χ0n) is 21.3. The lowest BCUT2D eigenvalue weighted by atomic mass is 9.77. The van der Waals surface area contributed by atoms with Crippen molar-refractivity contribution < 1.29 is 17.9 Å². The van der Waals surface area contributed by atoms with Crippen molar-refractivity contribution in [2.75, 3.05) is 47.4 Å². The predicted molar refractivity (Wildman–Crippen MR) is 141 cm³/mol. The molecule has 0 spiro atoms. The molecule has 1 saturated carbocycles. The second-order valence-corrected chi connectivity index (χ2v) is 12.7. The average Bonchev–Trinajstić information content (AvgIpc) is 3.35. The summed E-state index contributed by atoms with van der Waals surface area (Å²) < 4.78 is 31.9. The van der Waals surface area contributed by atoms with Crippen molar-refractivity contribution in [1.29, 1.82) is 0 Å². The molecule has 2 aromatic rings. The van der Waals surface area contributed by atoms with Gasteiger partial charge in [-0.15, -0.1) is 11.3 Å². The van der Waals surface area contributed by atoms with E-state index in [0.29, 0.717) is 24.4 Å². The first-order valence-corrected chi connectivity index (χ1v) is 14.6. The number of hydrogen-bond donors (Lipinski definition) is 1. The lowest BCUT2D eigenvalue weighted by molar-refractivity contribution is -0.126. The lowest BCUT2D eigenvalue weighted by Gasteiger charge is -2.37. The van der Waals surface area contributed by atoms with Crippen molar-refractivity contribution in [1.82, 2.24) is 14.5 Å². The molecule has 0 radical (unpaired) electrons. The van der Waals surface area contributed by atoms with Gasteiger partial charge in [0.25, 0.3) is 0 Å². The molecule has 1 fully saturated rings. The molecule has 1 aliphatic rings. The zero-order valence-corrected chi connectivity index (χ0v) is 22.9. The maximum atomic E-state index is 12.6. The molecular formula is C26H39N3O4S2. The molecule has 1 N–H and O–H groups in total. The second-order valence-electron chi connectivity index (χ2n) is 9.70. The third kappa shape index (κ3) is 7.85. The highest BCUT2D eigenvalue weighted by Crippen LogP contribution is 2.40. The van der Waals surface area contributed by atoms with E-state index in [1.54, 1.807) is 24.3 Å². The van der Waals surface area contributed by atoms with Crippen LogP contribution in [0.1, 0.15) is 42.2 Å². The number of nitrogens with zero attached hydrogens (tertiary/aromatic N) is 2. The van der Waals surface area contributed by atoms with Gasteiger partial charge in [0.2, 0.25) is 15.9 Å². The third-order valence-corrected chi connectivity index (χ3v) is 9.64. The molecule has 7 nitrogen and oxygen atoms in total. The molecule has 1 unspecified atom stereocenters. The van der Waals surface area contributed by atoms with E-state index in [1.807, 2.05) is 18.3 Å². The Kier molecular flexibility index (Phi) is 10.3. The van der Waals surface area contributed by atoms with Crippen LogP contribution in [-0.4, -0.2) is 71.0 Å². The van der Waals surface area contributed by atoms with E-state index < -0.39 is 10.0 Å². The summed E-state index contributed by atoms with van der Waals surface area (Å²) in [5, 5.41) is 5.14. The number of amides is 1. The number of aryl methyl sites for hydroxylation is 1. The van der Waals surface area contributed by atoms with Gasteiger partial charge in [0.05, 0.1) is 11.5 Å². The van der Waals surface area contributed by atoms with Crippen LogP contribution in [0.15, 0.2) is 46.7 Å². The summed E-state index contributed by atoms with van der Waals surface area (Å²) in [6.45, 7) is 2.87. The molecule has 3 rings (SSSR count). The fourth-order valence-corrected chi connectivity index (χ4v) is 6.92. The lowest BCUT2D eigenvalue weighted by Crippen LogP contribution is -2.36. The molecule has 35 heavy (non-hydrogen) atoms. The van der Waals surface area contributed by atoms with E-state index in [2.05, 4.69) is 41.8 Å². The van der Waals surface area contributed by atoms with Crippen LogP contribution in [0.5, 0.6) is 0 Å². The smallest absolute Gasteiger partial charge is 0.246 e. The molecule has 0 bridgehead atoms. The van der Waals surface area contributed by atoms with Crippen molar-refractivity contribution in [2.45, 2.75) is 43.5 Å². The summed E-state index contributed by atoms with van der Waals surface area (Å²) in [5.41, 5.74) is 1.00. The molecule has 1 atom stereocenters. The first-order valence-electron chi connectivity index (χ1n) is 12.3. The Balaban J connectivity index is 1.33. The van der Waals surface area contributed by atoms with Crippen molar-refractivity contribution in [3.63, 3.8) is 0 Å². The number of rotatable bonds is 12. The first kappa shape index (κ1) is 27.8. The van der Waals surface area contributed by atoms with Crippen LogP contribution < -0.4 is 5.32 Å². The number of hydrogen-bond acceptors (Lipinski definition) is 6. The number of benzene rings is 1. The number of carbonyl (C=O) groups excluding carboxylic acids is 1. The number of carbonyl (C=O) groups is 1. The largest absolute Gasteiger partial charge is 0.370 e. The minimum Gasteiger partial charge on any atom is -0.370 e. The van der Waals surface area contributed by atoms with Crippen LogP contribution in [0.3, 0.4) is 0 Å². The molecule has 194 valence electrons. The maximum Gasteiger partial charge on any atom is 0.246 e. The number of likely N-dealkylation sites (N-methyl/N-ethyl adjacent to an activating group) is 1. The standard InChI is InChI=1S/C26H39N3O4S2/c1-20-7-13-23(14-8-20)35(31,32)29(4)15-16-33-19-25(30)27-18-21-9-11-22(12-10-21)26(28(2)3)24-6-5-17-34-24/h5-8,13-14,17,21-22,26H,9-12,15-16,18-19H2,1-4H3,(H,27,30). The minimum atomic E-state index is -3.56. The van der Waals surface area contributed by atoms with Crippen molar-refractivity contribution in [3.8, 4) is 0 Å². The summed E-state index contributed by atoms with van der Waals surface area (Å²) in [6.07, 6.45) is 4.56. The van der Waals surface area contributed by atoms with Gasteiger partial charge in [0.1, 0.15) is 6.61 Å². The summed E-state index contributed by atoms with van der Waals surface area (Å²) in [4.78, 5) is 16.2. The van der Waals surface area contributed by atoms with E-state index in [-0.39, 0.29) is 30.6 Å². The molecular weight excluding hydrogens is 482 g/mol. The topological polar surface area (TPSA) is 78.9 Å². The van der Waals surface area contributed by atoms with Gasteiger partial charge in [-0.3, -0.25) is 4.79 Å². The van der Waals surface area contributed by atoms with Crippen LogP contribution in [0, 0.1) is 18.8 Å². The molecule has 1 heterocycles. The van der Waals surface area contributed by atoms with Crippen molar-refractivity contribution in [2.24, 2.45) is 11.8 Å². The fraction of sp³-hybridized carbons (Fsp3) is 0.577. The van der Waals surface area contributed by atoms with Gasteiger partial charge in [0.15, 0.2) is 0 Å². The molecule has 1 amide bonds. The third-order valence-electron chi connectivity index (χ3n) is 6.83. The predicted octanol–water partition coefficient (Wildman–Crippen LogP) is 3.92. The maximum absolute atomic E-state index is 12.6. The highest BCUT2D eigenvalue weighted by Gasteiger charge is 2.30. The molecule has 1 aromatic heterocycles. The van der Waals surface area contributed by atoms with Crippen LogP contribution in [0.2, 0.25) is 0 Å². The second kappa shape index (κ2) is 13.0. The number of nitrogens with one attached hydrogen (secondary N) is 1. The Labute approximate surface area is 214 Å². The molecule has 1 aliphatic carbocycles. The Morgan fingerprint density at radius 1 is 1.11 bits per heavy atom. The Morgan fingerprint density at radius 2 is 1.80 bits per heavy atom. The minimum absolute atomic E-state index is 0.0607. The van der Waals surface area contributed by atoms with Crippen LogP contribution in [0.25, 0.3) is 0 Å². The van der Waals surface area contributed by atoms with Gasteiger partial charge in [-0.05, 0) is 82.1 Å². The molecule has 9 heteroatoms. The van der Waals surface area contributed by atoms with Crippen LogP contribution in [-0.2, 0) is 19.6 Å². The highest BCUT2D eigenvalue weighted by atomic mass is 32.2. The van der Waals surface area contributed by atoms with E-state index in [0.717, 1.165) is 18.4 Å². The van der Waals surface area contributed by atoms with E-state index >= 15 is 0 Å². The van der Waals surface area contributed by atoms with Gasteiger partial charge in [-0.25, -0.2) is 8.42 Å². The summed E-state index contributed by atoms with van der Waals surface area (Å²) in [7, 11) is 2.28. The SMILES string of the molecule is Cc1ccc(S(=O)(=O)N(C)CCOCC(=O)NCC2CCC(C(c3cccs3)N(C)C)CC2)cc1. The van der Waals surface area contributed by atoms with Gasteiger partial charge in [-0.2, -0.15) is 4.31 Å². The van der Waals surface area contributed by atoms with Gasteiger partial charge >= 0.3 is 0 Å². The number of sulfonamides is 1. The van der Waals surface area contributed by atoms with Gasteiger partial charge in [-0.1, -0.05) is 23.8 Å². The Morgan fingerprint density at radius 3 is 2.40 bits per heavy atom. The van der Waals surface area contributed by atoms with Gasteiger partial charge < -0.3 is 15.0 Å². The van der Waals surface area contributed by atoms with Crippen LogP contribution >= 0.6 is 11.3 Å². The van der Waals surface area contributed by atoms with Crippen molar-refractivity contribution in [3.05, 3.63) is 52.2 Å². The summed E-state index contributed by atoms with van der Waals surface area (Å²) in [5.74, 6) is 0.986. The van der Waals surface area contributed by atoms with Gasteiger partial charge in [0, 0.05) is 31.1 Å². The molecule has 0 saturated heterocycles. The average molecular weight is 522 g/mol. The molecule has 1 aromatic carbocycles. The van der Waals surface area contributed by atoms with Crippen LogP contribution in [0.4, 0.5) is 0 Å². The summed E-state index contributed by atoms with van der Waals surface area (Å²) >= 11 is 1.83. The first-order chi connectivity index (χ1) is 16.7. The Hall–Kier alpha value is -1.78. The van der Waals surface area contributed by atoms with E-state index in [1.165, 1.54) is 29.1 Å². The normalized spacial score (nSPS) is 19.7. The van der Waals surface area contributed by atoms with E-state index in [4.69, 9.17) is 4.74 Å². The quantitative estimate of drug-likeness (QED) is 0.429. The number of thiophene rings is 1. The number of ether oxygens (including phenoxy) is 1. The van der Waals surface area contributed by atoms with E-state index in [9.17, 15) is 13.2 Å². The van der Waals surface area contributed by atoms with Crippen molar-refractivity contribution >= 4 is 27.3 Å².